The van der Waals surface area contributed by atoms with Gasteiger partial charge in [0.25, 0.3) is 5.91 Å². The Labute approximate surface area is 123 Å². The minimum Gasteiger partial charge on any atom is -0.481 e. The Morgan fingerprint density at radius 2 is 2.05 bits per heavy atom. The molecule has 0 fully saturated rings. The second-order valence-corrected chi connectivity index (χ2v) is 4.19. The summed E-state index contributed by atoms with van der Waals surface area (Å²) in [5, 5.41) is 14.5. The topological polar surface area (TPSA) is 88.0 Å². The van der Waals surface area contributed by atoms with E-state index in [1.807, 2.05) is 36.4 Å². The van der Waals surface area contributed by atoms with Crippen LogP contribution in [0.3, 0.4) is 0 Å². The van der Waals surface area contributed by atoms with Crippen molar-refractivity contribution < 1.29 is 19.5 Å². The van der Waals surface area contributed by atoms with Crippen molar-refractivity contribution in [3.05, 3.63) is 42.0 Å². The number of rotatable bonds is 8. The van der Waals surface area contributed by atoms with Crippen molar-refractivity contribution in [3.63, 3.8) is 0 Å². The van der Waals surface area contributed by atoms with E-state index < -0.39 is 11.9 Å². The average Bonchev–Trinajstić information content (AvgIpc) is 2.47. The van der Waals surface area contributed by atoms with Crippen LogP contribution in [0.4, 0.5) is 0 Å². The maximum Gasteiger partial charge on any atom is 0.305 e. The third-order valence-corrected chi connectivity index (χ3v) is 2.44. The van der Waals surface area contributed by atoms with Crippen LogP contribution < -0.4 is 5.32 Å². The minimum atomic E-state index is -0.966. The zero-order valence-electron chi connectivity index (χ0n) is 11.8. The van der Waals surface area contributed by atoms with Crippen molar-refractivity contribution in [2.75, 3.05) is 13.2 Å². The number of aliphatic carboxylic acids is 1. The van der Waals surface area contributed by atoms with Crippen molar-refractivity contribution in [3.8, 4) is 0 Å². The second-order valence-electron chi connectivity index (χ2n) is 4.19. The SMILES string of the molecule is CC(=NOCC=Cc1ccccc1)C(=O)NCCC(=O)O. The van der Waals surface area contributed by atoms with Crippen molar-refractivity contribution >= 4 is 23.7 Å². The number of hydrogen-bond acceptors (Lipinski definition) is 4. The number of carboxylic acids is 1. The van der Waals surface area contributed by atoms with E-state index in [-0.39, 0.29) is 25.3 Å². The number of nitrogens with one attached hydrogen (secondary N) is 1. The quantitative estimate of drug-likeness (QED) is 0.433. The smallest absolute Gasteiger partial charge is 0.305 e. The number of amides is 1. The van der Waals surface area contributed by atoms with Crippen molar-refractivity contribution in [2.24, 2.45) is 5.16 Å². The molecular formula is C15H18N2O4. The maximum atomic E-state index is 11.5. The Morgan fingerprint density at radius 3 is 2.71 bits per heavy atom. The zero-order chi connectivity index (χ0) is 15.5. The molecule has 0 atom stereocenters. The molecule has 0 aliphatic rings. The molecule has 1 amide bonds. The van der Waals surface area contributed by atoms with Crippen molar-refractivity contribution in [1.82, 2.24) is 5.32 Å². The first-order chi connectivity index (χ1) is 10.1. The highest BCUT2D eigenvalue weighted by Gasteiger charge is 2.06. The normalized spacial score (nSPS) is 11.4. The minimum absolute atomic E-state index is 0.0644. The first kappa shape index (κ1) is 16.4. The largest absolute Gasteiger partial charge is 0.481 e. The van der Waals surface area contributed by atoms with Gasteiger partial charge in [-0.25, -0.2) is 0 Å². The van der Waals surface area contributed by atoms with Gasteiger partial charge in [0.05, 0.1) is 6.42 Å². The van der Waals surface area contributed by atoms with E-state index in [0.29, 0.717) is 0 Å². The van der Waals surface area contributed by atoms with Crippen LogP contribution >= 0.6 is 0 Å². The number of carboxylic acid groups (broad SMARTS) is 1. The highest BCUT2D eigenvalue weighted by Crippen LogP contribution is 2.00. The van der Waals surface area contributed by atoms with E-state index in [0.717, 1.165) is 5.56 Å². The molecule has 0 heterocycles. The van der Waals surface area contributed by atoms with Crippen LogP contribution in [0.2, 0.25) is 0 Å². The lowest BCUT2D eigenvalue weighted by molar-refractivity contribution is -0.136. The maximum absolute atomic E-state index is 11.5. The number of carbonyl (C=O) groups excluding carboxylic acids is 1. The van der Waals surface area contributed by atoms with Crippen LogP contribution in [0.5, 0.6) is 0 Å². The zero-order valence-corrected chi connectivity index (χ0v) is 11.8. The van der Waals surface area contributed by atoms with Crippen LogP contribution in [-0.4, -0.2) is 35.8 Å². The van der Waals surface area contributed by atoms with Gasteiger partial charge in [0, 0.05) is 6.54 Å². The molecule has 112 valence electrons. The fourth-order valence-electron chi connectivity index (χ4n) is 1.38. The highest BCUT2D eigenvalue weighted by molar-refractivity contribution is 6.37. The van der Waals surface area contributed by atoms with Gasteiger partial charge in [0.15, 0.2) is 0 Å². The van der Waals surface area contributed by atoms with Gasteiger partial charge < -0.3 is 15.3 Å². The molecule has 0 radical (unpaired) electrons. The van der Waals surface area contributed by atoms with Crippen LogP contribution in [0.15, 0.2) is 41.6 Å². The van der Waals surface area contributed by atoms with Gasteiger partial charge in [0.1, 0.15) is 12.3 Å². The Hall–Kier alpha value is -2.63. The summed E-state index contributed by atoms with van der Waals surface area (Å²) in [7, 11) is 0. The van der Waals surface area contributed by atoms with E-state index in [1.165, 1.54) is 6.92 Å². The molecule has 0 aliphatic carbocycles. The monoisotopic (exact) mass is 290 g/mol. The molecule has 1 aromatic carbocycles. The molecule has 6 heteroatoms. The van der Waals surface area contributed by atoms with E-state index in [4.69, 9.17) is 9.94 Å². The van der Waals surface area contributed by atoms with E-state index in [1.54, 1.807) is 6.08 Å². The summed E-state index contributed by atoms with van der Waals surface area (Å²) in [4.78, 5) is 26.8. The van der Waals surface area contributed by atoms with Gasteiger partial charge in [-0.1, -0.05) is 41.6 Å². The fraction of sp³-hybridized carbons (Fsp3) is 0.267. The number of oxime groups is 1. The molecule has 0 saturated heterocycles. The lowest BCUT2D eigenvalue weighted by Gasteiger charge is -2.02. The van der Waals surface area contributed by atoms with Gasteiger partial charge >= 0.3 is 5.97 Å². The Morgan fingerprint density at radius 1 is 1.33 bits per heavy atom. The number of carbonyl (C=O) groups is 2. The van der Waals surface area contributed by atoms with Gasteiger partial charge in [-0.15, -0.1) is 0 Å². The van der Waals surface area contributed by atoms with Crippen LogP contribution in [0.1, 0.15) is 18.9 Å². The Bertz CT molecular complexity index is 524. The molecular weight excluding hydrogens is 272 g/mol. The summed E-state index contributed by atoms with van der Waals surface area (Å²) < 4.78 is 0. The van der Waals surface area contributed by atoms with Crippen molar-refractivity contribution in [1.29, 1.82) is 0 Å². The number of hydrogen-bond donors (Lipinski definition) is 2. The third-order valence-electron chi connectivity index (χ3n) is 2.44. The average molecular weight is 290 g/mol. The van der Waals surface area contributed by atoms with E-state index in [2.05, 4.69) is 10.5 Å². The summed E-state index contributed by atoms with van der Waals surface area (Å²) >= 11 is 0. The standard InChI is InChI=1S/C15H18N2O4/c1-12(15(20)16-10-9-14(18)19)17-21-11-5-8-13-6-3-2-4-7-13/h2-8H,9-11H2,1H3,(H,16,20)(H,18,19). The molecule has 6 nitrogen and oxygen atoms in total. The number of nitrogens with zero attached hydrogens (tertiary/aromatic N) is 1. The van der Waals surface area contributed by atoms with Gasteiger partial charge in [-0.2, -0.15) is 0 Å². The molecule has 0 bridgehead atoms. The predicted octanol–water partition coefficient (Wildman–Crippen LogP) is 1.68. The van der Waals surface area contributed by atoms with Crippen LogP contribution in [0.25, 0.3) is 6.08 Å². The molecule has 2 N–H and O–H groups in total. The lowest BCUT2D eigenvalue weighted by Crippen LogP contribution is -2.31. The van der Waals surface area contributed by atoms with Crippen LogP contribution in [0, 0.1) is 0 Å². The predicted molar refractivity (Wildman–Crippen MR) is 79.8 cm³/mol. The molecule has 0 saturated carbocycles. The summed E-state index contributed by atoms with van der Waals surface area (Å²) in [6.45, 7) is 1.81. The fourth-order valence-corrected chi connectivity index (χ4v) is 1.38. The number of benzene rings is 1. The van der Waals surface area contributed by atoms with Gasteiger partial charge in [-0.05, 0) is 18.6 Å². The second kappa shape index (κ2) is 9.30. The summed E-state index contributed by atoms with van der Waals surface area (Å²) in [6, 6.07) is 9.72. The highest BCUT2D eigenvalue weighted by atomic mass is 16.6. The Balaban J connectivity index is 2.27. The first-order valence-corrected chi connectivity index (χ1v) is 6.47. The van der Waals surface area contributed by atoms with Gasteiger partial charge in [0.2, 0.25) is 0 Å². The molecule has 0 spiro atoms. The molecule has 21 heavy (non-hydrogen) atoms. The molecule has 0 aliphatic heterocycles. The summed E-state index contributed by atoms with van der Waals surface area (Å²) in [6.07, 6.45) is 3.55. The first-order valence-electron chi connectivity index (χ1n) is 6.47. The summed E-state index contributed by atoms with van der Waals surface area (Å²) in [5.74, 6) is -1.41. The van der Waals surface area contributed by atoms with Crippen LogP contribution in [-0.2, 0) is 14.4 Å². The van der Waals surface area contributed by atoms with Crippen molar-refractivity contribution in [2.45, 2.75) is 13.3 Å². The molecule has 0 unspecified atom stereocenters. The van der Waals surface area contributed by atoms with Gasteiger partial charge in [-0.3, -0.25) is 9.59 Å². The van der Waals surface area contributed by atoms with E-state index in [9.17, 15) is 9.59 Å². The molecule has 1 rings (SSSR count). The Kier molecular flexibility index (Phi) is 7.28. The lowest BCUT2D eigenvalue weighted by atomic mass is 10.2. The molecule has 0 aromatic heterocycles. The third kappa shape index (κ3) is 7.51. The summed E-state index contributed by atoms with van der Waals surface area (Å²) in [5.41, 5.74) is 1.20. The molecule has 1 aromatic rings. The van der Waals surface area contributed by atoms with E-state index >= 15 is 0 Å².